The lowest BCUT2D eigenvalue weighted by Crippen LogP contribution is -2.38. The van der Waals surface area contributed by atoms with Crippen molar-refractivity contribution in [1.29, 1.82) is 0 Å². The first kappa shape index (κ1) is 21.2. The van der Waals surface area contributed by atoms with Gasteiger partial charge < -0.3 is 9.47 Å². The number of aromatic nitrogens is 4. The number of hydrogen-bond donors (Lipinski definition) is 0. The Morgan fingerprint density at radius 2 is 1.81 bits per heavy atom. The first-order chi connectivity index (χ1) is 15.1. The van der Waals surface area contributed by atoms with Gasteiger partial charge in [0.15, 0.2) is 5.82 Å². The van der Waals surface area contributed by atoms with E-state index in [0.29, 0.717) is 12.5 Å². The second-order valence-electron chi connectivity index (χ2n) is 8.05. The first-order valence-electron chi connectivity index (χ1n) is 10.6. The van der Waals surface area contributed by atoms with Crippen LogP contribution in [0, 0.1) is 11.7 Å². The summed E-state index contributed by atoms with van der Waals surface area (Å²) in [5, 5.41) is 12.7. The summed E-state index contributed by atoms with van der Waals surface area (Å²) >= 11 is 0. The molecule has 1 aliphatic heterocycles. The Balaban J connectivity index is 1.76. The van der Waals surface area contributed by atoms with Gasteiger partial charge >= 0.3 is 0 Å². The van der Waals surface area contributed by atoms with Crippen molar-refractivity contribution in [3.05, 3.63) is 65.2 Å². The highest BCUT2D eigenvalue weighted by atomic mass is 19.1. The summed E-state index contributed by atoms with van der Waals surface area (Å²) < 4.78 is 26.3. The van der Waals surface area contributed by atoms with Crippen LogP contribution < -0.4 is 9.47 Å². The highest BCUT2D eigenvalue weighted by Crippen LogP contribution is 2.38. The number of methoxy groups -OCH3 is 2. The Bertz CT molecular complexity index is 999. The fraction of sp³-hybridized carbons (Fsp3) is 0.435. The van der Waals surface area contributed by atoms with Crippen molar-refractivity contribution in [2.24, 2.45) is 5.92 Å². The molecular formula is C23H28FN5O2. The van der Waals surface area contributed by atoms with Gasteiger partial charge in [0, 0.05) is 5.56 Å². The third-order valence-electron chi connectivity index (χ3n) is 5.96. The molecule has 7 nitrogen and oxygen atoms in total. The second-order valence-corrected chi connectivity index (χ2v) is 8.05. The van der Waals surface area contributed by atoms with E-state index in [9.17, 15) is 4.39 Å². The highest BCUT2D eigenvalue weighted by molar-refractivity contribution is 5.44. The summed E-state index contributed by atoms with van der Waals surface area (Å²) in [5.41, 5.74) is 1.89. The van der Waals surface area contributed by atoms with E-state index in [2.05, 4.69) is 27.3 Å². The summed E-state index contributed by atoms with van der Waals surface area (Å²) in [6, 6.07) is 12.0. The third kappa shape index (κ3) is 4.69. The minimum Gasteiger partial charge on any atom is -0.497 e. The fourth-order valence-electron chi connectivity index (χ4n) is 4.12. The molecule has 0 spiro atoms. The van der Waals surface area contributed by atoms with Crippen LogP contribution in [0.15, 0.2) is 42.5 Å². The Kier molecular flexibility index (Phi) is 6.46. The van der Waals surface area contributed by atoms with Gasteiger partial charge in [-0.15, -0.1) is 5.10 Å². The normalized spacial score (nSPS) is 16.3. The molecule has 3 aromatic rings. The summed E-state index contributed by atoms with van der Waals surface area (Å²) in [4.78, 5) is 2.41. The van der Waals surface area contributed by atoms with Gasteiger partial charge in [-0.25, -0.2) is 9.07 Å². The second kappa shape index (κ2) is 9.43. The summed E-state index contributed by atoms with van der Waals surface area (Å²) in [6.07, 6.45) is 2.23. The van der Waals surface area contributed by atoms with Crippen molar-refractivity contribution >= 4 is 0 Å². The smallest absolute Gasteiger partial charge is 0.173 e. The molecule has 31 heavy (non-hydrogen) atoms. The monoisotopic (exact) mass is 425 g/mol. The number of tetrazole rings is 1. The first-order valence-corrected chi connectivity index (χ1v) is 10.6. The molecule has 1 saturated heterocycles. The van der Waals surface area contributed by atoms with Crippen molar-refractivity contribution in [2.75, 3.05) is 27.3 Å². The van der Waals surface area contributed by atoms with Gasteiger partial charge in [0.05, 0.1) is 20.8 Å². The molecule has 4 rings (SSSR count). The molecule has 1 aromatic heterocycles. The number of piperidine rings is 1. The van der Waals surface area contributed by atoms with Gasteiger partial charge in [0.2, 0.25) is 0 Å². The van der Waals surface area contributed by atoms with Gasteiger partial charge in [-0.1, -0.05) is 19.1 Å². The van der Waals surface area contributed by atoms with Crippen LogP contribution in [-0.2, 0) is 6.54 Å². The predicted molar refractivity (Wildman–Crippen MR) is 115 cm³/mol. The Morgan fingerprint density at radius 3 is 2.48 bits per heavy atom. The van der Waals surface area contributed by atoms with E-state index in [-0.39, 0.29) is 11.9 Å². The number of nitrogens with zero attached hydrogens (tertiary/aromatic N) is 5. The number of rotatable bonds is 7. The summed E-state index contributed by atoms with van der Waals surface area (Å²) in [6.45, 7) is 4.62. The number of ether oxygens (including phenoxy) is 2. The van der Waals surface area contributed by atoms with E-state index in [0.717, 1.165) is 54.4 Å². The largest absolute Gasteiger partial charge is 0.497 e. The topological polar surface area (TPSA) is 65.3 Å². The summed E-state index contributed by atoms with van der Waals surface area (Å²) in [5.74, 6) is 2.68. The van der Waals surface area contributed by atoms with E-state index >= 15 is 0 Å². The minimum atomic E-state index is -0.262. The van der Waals surface area contributed by atoms with Crippen LogP contribution in [0.2, 0.25) is 0 Å². The van der Waals surface area contributed by atoms with Crippen LogP contribution in [0.25, 0.3) is 0 Å². The molecule has 1 unspecified atom stereocenters. The Hall–Kier alpha value is -3.00. The van der Waals surface area contributed by atoms with Gasteiger partial charge in [0.25, 0.3) is 0 Å². The van der Waals surface area contributed by atoms with Gasteiger partial charge in [-0.05, 0) is 78.2 Å². The van der Waals surface area contributed by atoms with Crippen LogP contribution >= 0.6 is 0 Å². The highest BCUT2D eigenvalue weighted by Gasteiger charge is 2.32. The number of halogens is 1. The van der Waals surface area contributed by atoms with Crippen LogP contribution in [0.4, 0.5) is 4.39 Å². The van der Waals surface area contributed by atoms with Crippen LogP contribution in [0.1, 0.15) is 42.8 Å². The lowest BCUT2D eigenvalue weighted by molar-refractivity contribution is 0.148. The average molecular weight is 426 g/mol. The molecule has 0 amide bonds. The van der Waals surface area contributed by atoms with Crippen molar-refractivity contribution in [2.45, 2.75) is 32.4 Å². The average Bonchev–Trinajstić information content (AvgIpc) is 3.24. The van der Waals surface area contributed by atoms with Crippen molar-refractivity contribution in [3.8, 4) is 11.5 Å². The Morgan fingerprint density at radius 1 is 1.06 bits per heavy atom. The van der Waals surface area contributed by atoms with Crippen LogP contribution in [-0.4, -0.2) is 52.4 Å². The number of likely N-dealkylation sites (tertiary alicyclic amines) is 1. The van der Waals surface area contributed by atoms with Crippen LogP contribution in [0.5, 0.6) is 11.5 Å². The maximum absolute atomic E-state index is 13.3. The zero-order valence-corrected chi connectivity index (χ0v) is 18.2. The molecular weight excluding hydrogens is 397 g/mol. The molecule has 0 radical (unpaired) electrons. The maximum atomic E-state index is 13.3. The molecule has 0 aliphatic carbocycles. The maximum Gasteiger partial charge on any atom is 0.173 e. The van der Waals surface area contributed by atoms with Crippen molar-refractivity contribution in [3.63, 3.8) is 0 Å². The molecule has 2 aromatic carbocycles. The quantitative estimate of drug-likeness (QED) is 0.575. The number of benzene rings is 2. The standard InChI is InChI=1S/C23H28FN5O2/c1-16-10-12-28(13-11-16)22(20-14-19(30-2)8-9-21(20)31-3)23-25-26-27-29(23)15-17-4-6-18(24)7-5-17/h4-9,14,16,22H,10-13,15H2,1-3H3. The van der Waals surface area contributed by atoms with Crippen molar-refractivity contribution in [1.82, 2.24) is 25.1 Å². The molecule has 1 fully saturated rings. The van der Waals surface area contributed by atoms with E-state index in [1.165, 1.54) is 12.1 Å². The lowest BCUT2D eigenvalue weighted by atomic mass is 9.95. The zero-order chi connectivity index (χ0) is 21.8. The van der Waals surface area contributed by atoms with E-state index in [4.69, 9.17) is 9.47 Å². The van der Waals surface area contributed by atoms with Crippen LogP contribution in [0.3, 0.4) is 0 Å². The molecule has 8 heteroatoms. The molecule has 1 atom stereocenters. The lowest BCUT2D eigenvalue weighted by Gasteiger charge is -2.36. The molecule has 0 saturated carbocycles. The number of hydrogen-bond acceptors (Lipinski definition) is 6. The van der Waals surface area contributed by atoms with Gasteiger partial charge in [-0.3, -0.25) is 4.90 Å². The summed E-state index contributed by atoms with van der Waals surface area (Å²) in [7, 11) is 3.32. The zero-order valence-electron chi connectivity index (χ0n) is 18.2. The molecule has 0 N–H and O–H groups in total. The van der Waals surface area contributed by atoms with E-state index < -0.39 is 0 Å². The van der Waals surface area contributed by atoms with Gasteiger partial charge in [-0.2, -0.15) is 0 Å². The molecule has 164 valence electrons. The predicted octanol–water partition coefficient (Wildman–Crippen LogP) is 3.70. The minimum absolute atomic E-state index is 0.187. The fourth-order valence-corrected chi connectivity index (χ4v) is 4.12. The SMILES string of the molecule is COc1ccc(OC)c(C(c2nnnn2Cc2ccc(F)cc2)N2CCC(C)CC2)c1. The molecule has 1 aliphatic rings. The van der Waals surface area contributed by atoms with E-state index in [1.807, 2.05) is 18.2 Å². The molecule has 0 bridgehead atoms. The third-order valence-corrected chi connectivity index (χ3v) is 5.96. The molecule has 2 heterocycles. The van der Waals surface area contributed by atoms with E-state index in [1.54, 1.807) is 31.0 Å². The Labute approximate surface area is 181 Å². The van der Waals surface area contributed by atoms with Crippen molar-refractivity contribution < 1.29 is 13.9 Å². The van der Waals surface area contributed by atoms with Gasteiger partial charge in [0.1, 0.15) is 23.4 Å².